The van der Waals surface area contributed by atoms with Gasteiger partial charge in [-0.05, 0) is 13.8 Å². The zero-order valence-electron chi connectivity index (χ0n) is 10.3. The van der Waals surface area contributed by atoms with Gasteiger partial charge in [-0.1, -0.05) is 22.9 Å². The third kappa shape index (κ3) is 3.73. The van der Waals surface area contributed by atoms with Crippen LogP contribution in [0.2, 0.25) is 4.47 Å². The van der Waals surface area contributed by atoms with Crippen molar-refractivity contribution < 1.29 is 8.42 Å². The summed E-state index contributed by atoms with van der Waals surface area (Å²) in [7, 11) is -3.54. The van der Waals surface area contributed by atoms with Crippen molar-refractivity contribution in [2.75, 3.05) is 6.54 Å². The molecule has 0 aromatic carbocycles. The van der Waals surface area contributed by atoms with Crippen molar-refractivity contribution in [1.29, 1.82) is 0 Å². The molecule has 104 valence electrons. The van der Waals surface area contributed by atoms with Gasteiger partial charge in [0.15, 0.2) is 8.68 Å². The van der Waals surface area contributed by atoms with Gasteiger partial charge in [0.05, 0.1) is 16.4 Å². The number of nitrogens with one attached hydrogen (secondary N) is 1. The molecule has 0 radical (unpaired) electrons. The average molecular weight is 338 g/mol. The molecule has 0 bridgehead atoms. The maximum absolute atomic E-state index is 12.0. The molecule has 0 saturated carbocycles. The van der Waals surface area contributed by atoms with Crippen LogP contribution in [0, 0.1) is 13.8 Å². The Kier molecular flexibility index (Phi) is 4.57. The smallest absolute Gasteiger partial charge is 0.247 e. The van der Waals surface area contributed by atoms with Crippen LogP contribution < -0.4 is 4.72 Å². The monoisotopic (exact) mass is 337 g/mol. The summed E-state index contributed by atoms with van der Waals surface area (Å²) in [4.78, 5) is 8.18. The Labute approximate surface area is 124 Å². The van der Waals surface area contributed by atoms with Crippen molar-refractivity contribution in [3.63, 3.8) is 0 Å². The molecule has 2 rings (SSSR count). The lowest BCUT2D eigenvalue weighted by Crippen LogP contribution is -2.25. The van der Waals surface area contributed by atoms with Gasteiger partial charge in [0.1, 0.15) is 0 Å². The number of aryl methyl sites for hydroxylation is 2. The van der Waals surface area contributed by atoms with Crippen LogP contribution in [-0.2, 0) is 16.4 Å². The van der Waals surface area contributed by atoms with E-state index in [4.69, 9.17) is 11.6 Å². The highest BCUT2D eigenvalue weighted by Gasteiger charge is 2.20. The summed E-state index contributed by atoms with van der Waals surface area (Å²) in [6, 6.07) is 0. The molecule has 9 heteroatoms. The molecule has 0 saturated heterocycles. The highest BCUT2D eigenvalue weighted by atomic mass is 35.5. The van der Waals surface area contributed by atoms with Crippen LogP contribution in [0.3, 0.4) is 0 Å². The maximum atomic E-state index is 12.0. The van der Waals surface area contributed by atoms with Crippen LogP contribution in [-0.4, -0.2) is 24.9 Å². The molecule has 1 N–H and O–H groups in total. The van der Waals surface area contributed by atoms with Crippen molar-refractivity contribution in [2.45, 2.75) is 24.5 Å². The topological polar surface area (TPSA) is 72.0 Å². The van der Waals surface area contributed by atoms with Crippen molar-refractivity contribution in [2.24, 2.45) is 0 Å². The third-order valence-corrected chi connectivity index (χ3v) is 6.47. The molecule has 0 aliphatic carbocycles. The Hall–Kier alpha value is -0.540. The van der Waals surface area contributed by atoms with Gasteiger partial charge in [0.2, 0.25) is 0 Å². The summed E-state index contributed by atoms with van der Waals surface area (Å²) < 4.78 is 27.0. The first-order valence-electron chi connectivity index (χ1n) is 5.42. The Balaban J connectivity index is 2.00. The molecule has 0 aliphatic rings. The summed E-state index contributed by atoms with van der Waals surface area (Å²) in [6.45, 7) is 3.85. The zero-order valence-corrected chi connectivity index (χ0v) is 13.5. The van der Waals surface area contributed by atoms with Crippen molar-refractivity contribution in [3.8, 4) is 0 Å². The van der Waals surface area contributed by atoms with E-state index in [1.165, 1.54) is 0 Å². The lowest BCUT2D eigenvalue weighted by atomic mass is 10.3. The van der Waals surface area contributed by atoms with Gasteiger partial charge in [0, 0.05) is 18.3 Å². The van der Waals surface area contributed by atoms with E-state index in [1.54, 1.807) is 18.3 Å². The van der Waals surface area contributed by atoms with Crippen molar-refractivity contribution in [3.05, 3.63) is 26.2 Å². The molecular weight excluding hydrogens is 326 g/mol. The molecule has 2 aromatic heterocycles. The summed E-state index contributed by atoms with van der Waals surface area (Å²) in [6.07, 6.45) is 0.565. The van der Waals surface area contributed by atoms with E-state index >= 15 is 0 Å². The number of hydrogen-bond acceptors (Lipinski definition) is 6. The van der Waals surface area contributed by atoms with Gasteiger partial charge in [0.25, 0.3) is 10.0 Å². The first kappa shape index (κ1) is 14.9. The number of nitrogens with zero attached hydrogens (tertiary/aromatic N) is 2. The number of rotatable bonds is 5. The highest BCUT2D eigenvalue weighted by Crippen LogP contribution is 2.26. The van der Waals surface area contributed by atoms with E-state index in [1.807, 2.05) is 12.3 Å². The number of halogens is 1. The predicted octanol–water partition coefficient (Wildman–Crippen LogP) is 2.39. The van der Waals surface area contributed by atoms with E-state index in [9.17, 15) is 8.42 Å². The zero-order chi connectivity index (χ0) is 14.0. The lowest BCUT2D eigenvalue weighted by molar-refractivity contribution is 0.582. The minimum Gasteiger partial charge on any atom is -0.247 e. The predicted molar refractivity (Wildman–Crippen MR) is 77.6 cm³/mol. The quantitative estimate of drug-likeness (QED) is 0.909. The first-order chi connectivity index (χ1) is 8.88. The number of thiazole rings is 2. The Morgan fingerprint density at radius 1 is 1.37 bits per heavy atom. The summed E-state index contributed by atoms with van der Waals surface area (Å²) in [5, 5.41) is 2.90. The van der Waals surface area contributed by atoms with Crippen LogP contribution >= 0.6 is 34.3 Å². The van der Waals surface area contributed by atoms with Gasteiger partial charge >= 0.3 is 0 Å². The molecule has 0 amide bonds. The normalized spacial score (nSPS) is 11.9. The van der Waals surface area contributed by atoms with Gasteiger partial charge in [-0.2, -0.15) is 0 Å². The fourth-order valence-electron chi connectivity index (χ4n) is 1.50. The SMILES string of the molecule is Cc1nc(CCNS(=O)(=O)c2sc(Cl)nc2C)cs1. The molecule has 0 unspecified atom stereocenters. The van der Waals surface area contributed by atoms with E-state index in [2.05, 4.69) is 14.7 Å². The number of hydrogen-bond donors (Lipinski definition) is 1. The summed E-state index contributed by atoms with van der Waals surface area (Å²) in [5.41, 5.74) is 1.32. The van der Waals surface area contributed by atoms with E-state index in [0.29, 0.717) is 18.7 Å². The molecule has 0 aliphatic heterocycles. The second kappa shape index (κ2) is 5.84. The van der Waals surface area contributed by atoms with Gasteiger partial charge in [-0.3, -0.25) is 0 Å². The number of sulfonamides is 1. The largest absolute Gasteiger partial charge is 0.251 e. The highest BCUT2D eigenvalue weighted by molar-refractivity contribution is 7.91. The first-order valence-corrected chi connectivity index (χ1v) is 8.98. The van der Waals surface area contributed by atoms with Gasteiger partial charge < -0.3 is 0 Å². The van der Waals surface area contributed by atoms with Gasteiger partial charge in [-0.25, -0.2) is 23.1 Å². The molecule has 0 fully saturated rings. The number of aromatic nitrogens is 2. The summed E-state index contributed by atoms with van der Waals surface area (Å²) in [5.74, 6) is 0. The molecule has 2 heterocycles. The standard InChI is InChI=1S/C10H12ClN3O2S3/c1-6-9(18-10(11)13-6)19(15,16)12-4-3-8-5-17-7(2)14-8/h5,12H,3-4H2,1-2H3. The minimum atomic E-state index is -3.54. The summed E-state index contributed by atoms with van der Waals surface area (Å²) >= 11 is 8.22. The average Bonchev–Trinajstić information content (AvgIpc) is 2.85. The third-order valence-electron chi connectivity index (χ3n) is 2.31. The molecule has 19 heavy (non-hydrogen) atoms. The van der Waals surface area contributed by atoms with E-state index in [0.717, 1.165) is 22.0 Å². The van der Waals surface area contributed by atoms with Crippen LogP contribution in [0.5, 0.6) is 0 Å². The second-order valence-corrected chi connectivity index (χ2v) is 8.45. The van der Waals surface area contributed by atoms with Crippen LogP contribution in [0.15, 0.2) is 9.59 Å². The van der Waals surface area contributed by atoms with Gasteiger partial charge in [-0.15, -0.1) is 11.3 Å². The van der Waals surface area contributed by atoms with Crippen molar-refractivity contribution in [1.82, 2.24) is 14.7 Å². The van der Waals surface area contributed by atoms with Crippen LogP contribution in [0.25, 0.3) is 0 Å². The molecule has 5 nitrogen and oxygen atoms in total. The second-order valence-electron chi connectivity index (χ2n) is 3.85. The Morgan fingerprint density at radius 2 is 2.11 bits per heavy atom. The Morgan fingerprint density at radius 3 is 2.63 bits per heavy atom. The molecular formula is C10H12ClN3O2S3. The fourth-order valence-corrected chi connectivity index (χ4v) is 4.96. The molecule has 0 atom stereocenters. The van der Waals surface area contributed by atoms with Crippen LogP contribution in [0.1, 0.15) is 16.4 Å². The van der Waals surface area contributed by atoms with E-state index < -0.39 is 10.0 Å². The molecule has 0 spiro atoms. The molecule has 2 aromatic rings. The van der Waals surface area contributed by atoms with Crippen molar-refractivity contribution >= 4 is 44.3 Å². The fraction of sp³-hybridized carbons (Fsp3) is 0.400. The van der Waals surface area contributed by atoms with E-state index in [-0.39, 0.29) is 8.68 Å². The maximum Gasteiger partial charge on any atom is 0.251 e. The van der Waals surface area contributed by atoms with Crippen LogP contribution in [0.4, 0.5) is 0 Å². The minimum absolute atomic E-state index is 0.173. The lowest BCUT2D eigenvalue weighted by Gasteiger charge is -2.03. The Bertz CT molecular complexity index is 678.